The molecule has 0 unspecified atom stereocenters. The molecule has 3 rings (SSSR count). The molecule has 2 aromatic rings. The fourth-order valence-electron chi connectivity index (χ4n) is 3.02. The van der Waals surface area contributed by atoms with E-state index in [-0.39, 0.29) is 5.91 Å². The number of ether oxygens (including phenoxy) is 1. The SMILES string of the molecule is COc1ccc(C)cc1CC(=O)N1CCN(Cc2cscn2)CC1. The number of methoxy groups -OCH3 is 1. The van der Waals surface area contributed by atoms with Gasteiger partial charge in [-0.1, -0.05) is 17.7 Å². The van der Waals surface area contributed by atoms with Gasteiger partial charge in [0.25, 0.3) is 0 Å². The van der Waals surface area contributed by atoms with Crippen LogP contribution >= 0.6 is 11.3 Å². The molecule has 1 amide bonds. The molecule has 1 aliphatic rings. The van der Waals surface area contributed by atoms with E-state index in [4.69, 9.17) is 4.74 Å². The van der Waals surface area contributed by atoms with Gasteiger partial charge in [-0.15, -0.1) is 11.3 Å². The summed E-state index contributed by atoms with van der Waals surface area (Å²) in [5.41, 5.74) is 5.09. The summed E-state index contributed by atoms with van der Waals surface area (Å²) in [6.07, 6.45) is 0.400. The van der Waals surface area contributed by atoms with Crippen LogP contribution in [0.2, 0.25) is 0 Å². The lowest BCUT2D eigenvalue weighted by Crippen LogP contribution is -2.48. The number of amides is 1. The molecule has 0 spiro atoms. The van der Waals surface area contributed by atoms with Crippen LogP contribution in [0.4, 0.5) is 0 Å². The van der Waals surface area contributed by atoms with Gasteiger partial charge in [-0.25, -0.2) is 4.98 Å². The van der Waals surface area contributed by atoms with Gasteiger partial charge in [-0.2, -0.15) is 0 Å². The lowest BCUT2D eigenvalue weighted by Gasteiger charge is -2.34. The Bertz CT molecular complexity index is 680. The number of aromatic nitrogens is 1. The second kappa shape index (κ2) is 7.77. The standard InChI is InChI=1S/C18H23N3O2S/c1-14-3-4-17(23-2)15(9-14)10-18(22)21-7-5-20(6-8-21)11-16-12-24-13-19-16/h3-4,9,12-13H,5-8,10-11H2,1-2H3. The summed E-state index contributed by atoms with van der Waals surface area (Å²) in [4.78, 5) is 21.3. The molecule has 1 fully saturated rings. The summed E-state index contributed by atoms with van der Waals surface area (Å²) >= 11 is 1.63. The first-order valence-corrected chi connectivity index (χ1v) is 9.10. The third-order valence-electron chi connectivity index (χ3n) is 4.37. The van der Waals surface area contributed by atoms with Crippen molar-refractivity contribution in [3.63, 3.8) is 0 Å². The number of hydrogen-bond acceptors (Lipinski definition) is 5. The van der Waals surface area contributed by atoms with E-state index in [0.29, 0.717) is 6.42 Å². The van der Waals surface area contributed by atoms with Crippen molar-refractivity contribution in [2.75, 3.05) is 33.3 Å². The molecule has 1 aliphatic heterocycles. The van der Waals surface area contributed by atoms with E-state index >= 15 is 0 Å². The highest BCUT2D eigenvalue weighted by Crippen LogP contribution is 2.21. The quantitative estimate of drug-likeness (QED) is 0.834. The lowest BCUT2D eigenvalue weighted by molar-refractivity contribution is -0.132. The number of nitrogens with zero attached hydrogens (tertiary/aromatic N) is 3. The molecule has 0 saturated carbocycles. The number of carbonyl (C=O) groups excluding carboxylic acids is 1. The molecule has 0 atom stereocenters. The van der Waals surface area contributed by atoms with E-state index in [1.165, 1.54) is 0 Å². The van der Waals surface area contributed by atoms with Gasteiger partial charge < -0.3 is 9.64 Å². The first-order valence-electron chi connectivity index (χ1n) is 8.16. The molecular weight excluding hydrogens is 322 g/mol. The highest BCUT2D eigenvalue weighted by atomic mass is 32.1. The van der Waals surface area contributed by atoms with E-state index in [0.717, 1.165) is 55.3 Å². The number of hydrogen-bond donors (Lipinski definition) is 0. The van der Waals surface area contributed by atoms with Gasteiger partial charge in [0, 0.05) is 43.7 Å². The summed E-state index contributed by atoms with van der Waals surface area (Å²) < 4.78 is 5.38. The Kier molecular flexibility index (Phi) is 5.48. The minimum atomic E-state index is 0.173. The molecule has 0 aliphatic carbocycles. The van der Waals surface area contributed by atoms with Crippen LogP contribution in [-0.2, 0) is 17.8 Å². The highest BCUT2D eigenvalue weighted by molar-refractivity contribution is 7.07. The van der Waals surface area contributed by atoms with Crippen LogP contribution in [0.3, 0.4) is 0 Å². The Hall–Kier alpha value is -1.92. The van der Waals surface area contributed by atoms with Crippen LogP contribution in [0.5, 0.6) is 5.75 Å². The van der Waals surface area contributed by atoms with Gasteiger partial charge in [0.15, 0.2) is 0 Å². The third kappa shape index (κ3) is 4.13. The summed E-state index contributed by atoms with van der Waals surface area (Å²) in [5, 5.41) is 2.08. The zero-order valence-electron chi connectivity index (χ0n) is 14.2. The maximum absolute atomic E-state index is 12.6. The van der Waals surface area contributed by atoms with E-state index in [9.17, 15) is 4.79 Å². The van der Waals surface area contributed by atoms with Crippen molar-refractivity contribution in [1.82, 2.24) is 14.8 Å². The van der Waals surface area contributed by atoms with Crippen molar-refractivity contribution in [3.8, 4) is 5.75 Å². The molecular formula is C18H23N3O2S. The number of carbonyl (C=O) groups is 1. The molecule has 24 heavy (non-hydrogen) atoms. The second-order valence-corrected chi connectivity index (χ2v) is 6.85. The average molecular weight is 345 g/mol. The molecule has 0 N–H and O–H groups in total. The van der Waals surface area contributed by atoms with E-state index in [2.05, 4.69) is 15.3 Å². The maximum atomic E-state index is 12.6. The van der Waals surface area contributed by atoms with Crippen LogP contribution in [0, 0.1) is 6.92 Å². The normalized spacial score (nSPS) is 15.5. The predicted molar refractivity (Wildman–Crippen MR) is 95.4 cm³/mol. The van der Waals surface area contributed by atoms with Crippen LogP contribution in [0.1, 0.15) is 16.8 Å². The zero-order valence-corrected chi connectivity index (χ0v) is 15.0. The number of aryl methyl sites for hydroxylation is 1. The van der Waals surface area contributed by atoms with Crippen molar-refractivity contribution in [2.45, 2.75) is 19.9 Å². The molecule has 0 bridgehead atoms. The smallest absolute Gasteiger partial charge is 0.227 e. The Labute approximate surface area is 146 Å². The van der Waals surface area contributed by atoms with E-state index in [1.807, 2.05) is 35.5 Å². The van der Waals surface area contributed by atoms with Crippen molar-refractivity contribution in [1.29, 1.82) is 0 Å². The summed E-state index contributed by atoms with van der Waals surface area (Å²) in [6.45, 7) is 6.25. The Balaban J connectivity index is 1.54. The first kappa shape index (κ1) is 16.9. The molecule has 5 nitrogen and oxygen atoms in total. The summed E-state index contributed by atoms with van der Waals surface area (Å²) in [7, 11) is 1.65. The molecule has 1 saturated heterocycles. The average Bonchev–Trinajstić information content (AvgIpc) is 3.09. The van der Waals surface area contributed by atoms with Crippen LogP contribution < -0.4 is 4.74 Å². The highest BCUT2D eigenvalue weighted by Gasteiger charge is 2.22. The van der Waals surface area contributed by atoms with Crippen molar-refractivity contribution < 1.29 is 9.53 Å². The van der Waals surface area contributed by atoms with Crippen molar-refractivity contribution >= 4 is 17.2 Å². The van der Waals surface area contributed by atoms with Gasteiger partial charge in [0.1, 0.15) is 5.75 Å². The fraction of sp³-hybridized carbons (Fsp3) is 0.444. The molecule has 128 valence electrons. The van der Waals surface area contributed by atoms with Crippen molar-refractivity contribution in [2.24, 2.45) is 0 Å². The molecule has 1 aromatic carbocycles. The Morgan fingerprint density at radius 3 is 2.75 bits per heavy atom. The Morgan fingerprint density at radius 2 is 2.08 bits per heavy atom. The van der Waals surface area contributed by atoms with Gasteiger partial charge in [0.05, 0.1) is 24.7 Å². The minimum Gasteiger partial charge on any atom is -0.496 e. The Morgan fingerprint density at radius 1 is 1.29 bits per heavy atom. The minimum absolute atomic E-state index is 0.173. The third-order valence-corrected chi connectivity index (χ3v) is 5.01. The monoisotopic (exact) mass is 345 g/mol. The number of thiazole rings is 1. The second-order valence-electron chi connectivity index (χ2n) is 6.13. The van der Waals surface area contributed by atoms with Gasteiger partial charge in [0.2, 0.25) is 5.91 Å². The largest absolute Gasteiger partial charge is 0.496 e. The van der Waals surface area contributed by atoms with Crippen LogP contribution in [0.15, 0.2) is 29.1 Å². The zero-order chi connectivity index (χ0) is 16.9. The molecule has 0 radical (unpaired) electrons. The molecule has 6 heteroatoms. The summed E-state index contributed by atoms with van der Waals surface area (Å²) in [5.74, 6) is 0.961. The van der Waals surface area contributed by atoms with Gasteiger partial charge >= 0.3 is 0 Å². The first-order chi connectivity index (χ1) is 11.7. The van der Waals surface area contributed by atoms with Gasteiger partial charge in [-0.3, -0.25) is 9.69 Å². The molecule has 1 aromatic heterocycles. The van der Waals surface area contributed by atoms with Crippen LogP contribution in [-0.4, -0.2) is 54.0 Å². The van der Waals surface area contributed by atoms with E-state index < -0.39 is 0 Å². The topological polar surface area (TPSA) is 45.7 Å². The molecule has 2 heterocycles. The maximum Gasteiger partial charge on any atom is 0.227 e. The van der Waals surface area contributed by atoms with Crippen molar-refractivity contribution in [3.05, 3.63) is 45.9 Å². The van der Waals surface area contributed by atoms with E-state index in [1.54, 1.807) is 18.4 Å². The van der Waals surface area contributed by atoms with Gasteiger partial charge in [-0.05, 0) is 13.0 Å². The lowest BCUT2D eigenvalue weighted by atomic mass is 10.1. The predicted octanol–water partition coefficient (Wildman–Crippen LogP) is 2.35. The summed E-state index contributed by atoms with van der Waals surface area (Å²) in [6, 6.07) is 5.98. The number of piperazine rings is 1. The van der Waals surface area contributed by atoms with Crippen LogP contribution in [0.25, 0.3) is 0 Å². The number of rotatable bonds is 5. The number of benzene rings is 1. The fourth-order valence-corrected chi connectivity index (χ4v) is 3.57.